The van der Waals surface area contributed by atoms with Crippen molar-refractivity contribution < 1.29 is 27.8 Å². The second-order valence-corrected chi connectivity index (χ2v) is 28.6. The van der Waals surface area contributed by atoms with E-state index in [2.05, 4.69) is 115 Å². The number of rotatable bonds is 13. The number of benzene rings is 2. The van der Waals surface area contributed by atoms with Gasteiger partial charge in [-0.1, -0.05) is 20.8 Å². The number of amides is 2. The van der Waals surface area contributed by atoms with Gasteiger partial charge in [0.25, 0.3) is 0 Å². The van der Waals surface area contributed by atoms with Crippen molar-refractivity contribution in [1.29, 1.82) is 0 Å². The highest BCUT2D eigenvalue weighted by molar-refractivity contribution is 7.14. The van der Waals surface area contributed by atoms with Crippen molar-refractivity contribution in [3.8, 4) is 22.5 Å². The van der Waals surface area contributed by atoms with Crippen molar-refractivity contribution in [3.63, 3.8) is 0 Å². The van der Waals surface area contributed by atoms with Crippen molar-refractivity contribution in [1.82, 2.24) is 53.2 Å². The van der Waals surface area contributed by atoms with Crippen LogP contribution in [0.4, 0.5) is 57.5 Å². The molecule has 10 aromatic rings. The van der Waals surface area contributed by atoms with Crippen LogP contribution in [0.2, 0.25) is 0 Å². The van der Waals surface area contributed by atoms with Gasteiger partial charge in [0.15, 0.2) is 10.3 Å². The first-order chi connectivity index (χ1) is 46.4. The molecule has 3 fully saturated rings. The van der Waals surface area contributed by atoms with Gasteiger partial charge in [0.05, 0.1) is 39.8 Å². The number of aryl methyl sites for hydroxylation is 5. The number of piperazine rings is 2. The zero-order valence-electron chi connectivity index (χ0n) is 58.5. The predicted molar refractivity (Wildman–Crippen MR) is 389 cm³/mol. The fourth-order valence-corrected chi connectivity index (χ4v) is 14.4. The lowest BCUT2D eigenvalue weighted by Gasteiger charge is -2.36. The van der Waals surface area contributed by atoms with Gasteiger partial charge in [-0.25, -0.2) is 43.3 Å². The number of pyridine rings is 3. The number of fused-ring (bicyclic) bond motifs is 3. The van der Waals surface area contributed by atoms with Crippen molar-refractivity contribution in [2.75, 3.05) is 112 Å². The molecule has 0 saturated carbocycles. The quantitative estimate of drug-likeness (QED) is 0.112. The molecule has 2 amide bonds. The summed E-state index contributed by atoms with van der Waals surface area (Å²) in [5, 5.41) is 12.4. The van der Waals surface area contributed by atoms with Crippen LogP contribution in [0.1, 0.15) is 115 Å². The summed E-state index contributed by atoms with van der Waals surface area (Å²) in [7, 11) is 5.99. The van der Waals surface area contributed by atoms with Crippen LogP contribution in [-0.2, 0) is 28.7 Å². The molecule has 13 rings (SSSR count). The lowest BCUT2D eigenvalue weighted by Crippen LogP contribution is -2.50. The number of nitrogens with one attached hydrogen (secondary N) is 2. The molecule has 8 aromatic heterocycles. The van der Waals surface area contributed by atoms with Gasteiger partial charge in [-0.2, -0.15) is 0 Å². The topological polar surface area (TPSA) is 174 Å². The van der Waals surface area contributed by atoms with Crippen molar-refractivity contribution in [2.45, 2.75) is 125 Å². The minimum Gasteiger partial charge on any atom is -0.444 e. The molecule has 2 N–H and O–H groups in total. The van der Waals surface area contributed by atoms with E-state index in [9.17, 15) is 18.4 Å². The Balaban J connectivity index is 0.000000150. The molecule has 0 radical (unpaired) electrons. The first-order valence-corrected chi connectivity index (χ1v) is 35.5. The number of likely N-dealkylation sites (tertiary alicyclic amines) is 1. The molecule has 0 atom stereocenters. The number of hydrogen-bond acceptors (Lipinski definition) is 17. The van der Waals surface area contributed by atoms with E-state index in [1.165, 1.54) is 46.6 Å². The third-order valence-corrected chi connectivity index (χ3v) is 19.6. The number of nitrogens with zero attached hydrogens (tertiary/aromatic N) is 14. The number of hydrogen-bond donors (Lipinski definition) is 2. The summed E-state index contributed by atoms with van der Waals surface area (Å²) in [5.41, 5.74) is 14.6. The predicted octanol–water partition coefficient (Wildman–Crippen LogP) is 15.0. The smallest absolute Gasteiger partial charge is 0.410 e. The Morgan fingerprint density at radius 2 is 1.05 bits per heavy atom. The lowest BCUT2D eigenvalue weighted by molar-refractivity contribution is 0.0202. The van der Waals surface area contributed by atoms with Gasteiger partial charge in [0.2, 0.25) is 0 Å². The van der Waals surface area contributed by atoms with Gasteiger partial charge in [-0.15, -0.1) is 22.7 Å². The highest BCUT2D eigenvalue weighted by Gasteiger charge is 2.31. The molecule has 3 aliphatic heterocycles. The third kappa shape index (κ3) is 15.8. The minimum atomic E-state index is -0.503. The molecule has 2 aromatic carbocycles. The number of anilines is 7. The maximum Gasteiger partial charge on any atom is 0.410 e. The van der Waals surface area contributed by atoms with Gasteiger partial charge < -0.3 is 49.5 Å². The van der Waals surface area contributed by atoms with Crippen LogP contribution < -0.4 is 30.2 Å². The zero-order chi connectivity index (χ0) is 69.0. The van der Waals surface area contributed by atoms with Crippen molar-refractivity contribution in [3.05, 3.63) is 148 Å². The minimum absolute atomic E-state index is 0.201. The average molecular weight is 1360 g/mol. The number of thiazole rings is 2. The van der Waals surface area contributed by atoms with E-state index >= 15 is 0 Å². The molecule has 0 spiro atoms. The van der Waals surface area contributed by atoms with Gasteiger partial charge in [-0.05, 0) is 183 Å². The third-order valence-electron chi connectivity index (χ3n) is 17.8. The fourth-order valence-electron chi connectivity index (χ4n) is 12.8. The van der Waals surface area contributed by atoms with Crippen LogP contribution >= 0.6 is 22.7 Å². The molecule has 514 valence electrons. The number of piperidine rings is 1. The van der Waals surface area contributed by atoms with Crippen LogP contribution in [0.25, 0.3) is 39.5 Å². The van der Waals surface area contributed by atoms with E-state index in [-0.39, 0.29) is 23.8 Å². The number of carbonyl (C=O) groups is 2. The summed E-state index contributed by atoms with van der Waals surface area (Å²) in [6.07, 6.45) is 10.5. The summed E-state index contributed by atoms with van der Waals surface area (Å²) in [6, 6.07) is 21.3. The molecular formula is C73H92F2N16O4S2. The molecule has 97 heavy (non-hydrogen) atoms. The number of halogens is 2. The molecule has 24 heteroatoms. The summed E-state index contributed by atoms with van der Waals surface area (Å²) >= 11 is 3.12. The van der Waals surface area contributed by atoms with E-state index in [1.54, 1.807) is 51.8 Å². The molecule has 0 unspecified atom stereocenters. The van der Waals surface area contributed by atoms with E-state index in [4.69, 9.17) is 34.4 Å². The van der Waals surface area contributed by atoms with Crippen LogP contribution in [0, 0.1) is 25.5 Å². The van der Waals surface area contributed by atoms with E-state index in [0.29, 0.717) is 19.0 Å². The SMILES string of the molecule is CCc1nc2cc(C)c(C3CCN(C(=O)OC(C)(C)C)CC3)cn2c1NC.CCc1nc2cc(C)c(N3CCNCC3)cn2c1N(C)c1nc(-c2ccc(F)cc2)cs1.CCc1nc2ccc(N3CCN(C(=O)OC(C)(C)C)CC3)cn2c1N(C)c1nc(-c2ccc(F)cc2)cs1. The lowest BCUT2D eigenvalue weighted by atomic mass is 9.88. The second-order valence-electron chi connectivity index (χ2n) is 26.9. The van der Waals surface area contributed by atoms with Crippen LogP contribution in [0.3, 0.4) is 0 Å². The molecule has 20 nitrogen and oxygen atoms in total. The Morgan fingerprint density at radius 1 is 0.577 bits per heavy atom. The van der Waals surface area contributed by atoms with Crippen LogP contribution in [0.15, 0.2) is 102 Å². The summed E-state index contributed by atoms with van der Waals surface area (Å²) in [5.74, 6) is 3.03. The fraction of sp³-hybridized carbons (Fsp3) is 0.438. The van der Waals surface area contributed by atoms with E-state index in [1.807, 2.05) is 84.4 Å². The van der Waals surface area contributed by atoms with Crippen LogP contribution in [-0.4, -0.2) is 158 Å². The molecule has 0 bridgehead atoms. The molecule has 3 aliphatic rings. The molecule has 3 saturated heterocycles. The highest BCUT2D eigenvalue weighted by Crippen LogP contribution is 2.39. The number of imidazole rings is 3. The average Bonchev–Trinajstić information content (AvgIpc) is 1.64. The Hall–Kier alpha value is -8.87. The Bertz CT molecular complexity index is 4370. The summed E-state index contributed by atoms with van der Waals surface area (Å²) in [6.45, 7) is 30.2. The number of aromatic nitrogens is 8. The summed E-state index contributed by atoms with van der Waals surface area (Å²) < 4.78 is 44.2. The monoisotopic (exact) mass is 1360 g/mol. The molecule has 11 heterocycles. The van der Waals surface area contributed by atoms with Crippen molar-refractivity contribution in [2.24, 2.45) is 0 Å². The Labute approximate surface area is 575 Å². The summed E-state index contributed by atoms with van der Waals surface area (Å²) in [4.78, 5) is 61.5. The van der Waals surface area contributed by atoms with Gasteiger partial charge >= 0.3 is 12.2 Å². The standard InChI is InChI=1S/C28H33FN6O2S.C24H27FN6S.C21H32N4O2/c1-6-22-25(32(5)26-31-23(18-38-26)19-7-9-20(29)10-8-19)35-17-21(11-12-24(35)30-22)33-13-15-34(16-14-33)27(36)37-28(2,3)4;1-4-19-23(29(3)24-28-20(15-32-24)17-5-7-18(25)8-6-17)31-14-21(16(2)13-22(31)27-19)30-11-9-26-10-12-30;1-7-17-19(22-6)25-13-16(14(2)12-18(25)23-17)15-8-10-24(11-9-15)20(26)27-21(3,4)5/h7-12,17-18H,6,13-16H2,1-5H3;5-8,13-15,26H,4,9-12H2,1-3H3;12-13,15,22H,7-11H2,1-6H3. The van der Waals surface area contributed by atoms with E-state index < -0.39 is 11.2 Å². The van der Waals surface area contributed by atoms with Crippen LogP contribution in [0.5, 0.6) is 0 Å². The largest absolute Gasteiger partial charge is 0.444 e. The molecular weight excluding hydrogens is 1270 g/mol. The zero-order valence-corrected chi connectivity index (χ0v) is 60.1. The maximum atomic E-state index is 13.4. The van der Waals surface area contributed by atoms with Gasteiger partial charge in [0, 0.05) is 127 Å². The van der Waals surface area contributed by atoms with E-state index in [0.717, 1.165) is 174 Å². The maximum absolute atomic E-state index is 13.4. The molecule has 0 aliphatic carbocycles. The number of ether oxygens (including phenoxy) is 2. The first-order valence-electron chi connectivity index (χ1n) is 33.7. The Kier molecular flexibility index (Phi) is 21.1. The highest BCUT2D eigenvalue weighted by atomic mass is 32.1. The van der Waals surface area contributed by atoms with Gasteiger partial charge in [-0.3, -0.25) is 13.2 Å². The van der Waals surface area contributed by atoms with Crippen molar-refractivity contribution >= 4 is 90.9 Å². The second kappa shape index (κ2) is 29.5. The normalized spacial score (nSPS) is 14.8. The number of carbonyl (C=O) groups excluding carboxylic acids is 2. The Morgan fingerprint density at radius 3 is 1.56 bits per heavy atom. The van der Waals surface area contributed by atoms with Gasteiger partial charge in [0.1, 0.15) is 57.2 Å². The first kappa shape index (κ1) is 69.5.